The smallest absolute Gasteiger partial charge is 0.313 e. The van der Waals surface area contributed by atoms with Crippen LogP contribution in [-0.4, -0.2) is 18.9 Å². The maximum Gasteiger partial charge on any atom is 0.313 e. The second-order valence-electron chi connectivity index (χ2n) is 5.13. The van der Waals surface area contributed by atoms with Crippen molar-refractivity contribution < 1.29 is 14.3 Å². The van der Waals surface area contributed by atoms with Crippen LogP contribution in [0.1, 0.15) is 40.0 Å². The summed E-state index contributed by atoms with van der Waals surface area (Å²) in [4.78, 5) is 23.5. The van der Waals surface area contributed by atoms with Crippen LogP contribution in [0, 0.1) is 17.8 Å². The Kier molecular flexibility index (Phi) is 4.91. The van der Waals surface area contributed by atoms with E-state index < -0.39 is 0 Å². The monoisotopic (exact) mass is 238 g/mol. The highest BCUT2D eigenvalue weighted by atomic mass is 16.5. The molecule has 1 rings (SSSR count). The molecule has 0 aromatic carbocycles. The maximum absolute atomic E-state index is 11.9. The predicted octanol–water partition coefficient (Wildman–Crippen LogP) is 2.75. The Hall–Kier alpha value is -1.12. The molecule has 0 aromatic rings. The van der Waals surface area contributed by atoms with Crippen LogP contribution in [0.4, 0.5) is 0 Å². The second-order valence-corrected chi connectivity index (χ2v) is 5.13. The van der Waals surface area contributed by atoms with Gasteiger partial charge in [0, 0.05) is 6.42 Å². The quantitative estimate of drug-likeness (QED) is 0.707. The number of allylic oxidation sites excluding steroid dienone is 1. The average molecular weight is 238 g/mol. The lowest BCUT2D eigenvalue weighted by atomic mass is 9.73. The van der Waals surface area contributed by atoms with Gasteiger partial charge in [-0.25, -0.2) is 0 Å². The molecule has 1 aliphatic carbocycles. The Morgan fingerprint density at radius 3 is 2.65 bits per heavy atom. The van der Waals surface area contributed by atoms with E-state index >= 15 is 0 Å². The van der Waals surface area contributed by atoms with Crippen LogP contribution >= 0.6 is 0 Å². The molecule has 3 heteroatoms. The Labute approximate surface area is 103 Å². The highest BCUT2D eigenvalue weighted by Crippen LogP contribution is 2.35. The zero-order chi connectivity index (χ0) is 13.0. The van der Waals surface area contributed by atoms with Gasteiger partial charge in [0.1, 0.15) is 0 Å². The number of hydrogen-bond acceptors (Lipinski definition) is 3. The van der Waals surface area contributed by atoms with Gasteiger partial charge >= 0.3 is 5.97 Å². The van der Waals surface area contributed by atoms with Crippen molar-refractivity contribution in [1.82, 2.24) is 0 Å². The van der Waals surface area contributed by atoms with Crippen molar-refractivity contribution in [2.75, 3.05) is 7.11 Å². The van der Waals surface area contributed by atoms with E-state index in [1.54, 1.807) is 6.08 Å². The normalized spacial score (nSPS) is 24.8. The van der Waals surface area contributed by atoms with Gasteiger partial charge in [0.15, 0.2) is 5.78 Å². The summed E-state index contributed by atoms with van der Waals surface area (Å²) < 4.78 is 4.88. The third-order valence-corrected chi connectivity index (χ3v) is 3.32. The molecule has 0 amide bonds. The van der Waals surface area contributed by atoms with Crippen molar-refractivity contribution in [2.45, 2.75) is 40.0 Å². The first kappa shape index (κ1) is 13.9. The molecule has 0 saturated carbocycles. The third kappa shape index (κ3) is 3.42. The zero-order valence-corrected chi connectivity index (χ0v) is 11.2. The van der Waals surface area contributed by atoms with Crippen LogP contribution < -0.4 is 0 Å². The molecule has 1 aliphatic rings. The van der Waals surface area contributed by atoms with Crippen molar-refractivity contribution in [3.8, 4) is 0 Å². The molecular formula is C14H22O3. The molecule has 0 aromatic heterocycles. The average Bonchev–Trinajstić information content (AvgIpc) is 2.26. The molecule has 0 N–H and O–H groups in total. The number of carbonyl (C=O) groups excluding carboxylic acids is 2. The fourth-order valence-electron chi connectivity index (χ4n) is 2.65. The largest absolute Gasteiger partial charge is 0.469 e. The van der Waals surface area contributed by atoms with Gasteiger partial charge in [0.05, 0.1) is 13.0 Å². The first-order valence-electron chi connectivity index (χ1n) is 6.30. The van der Waals surface area contributed by atoms with Crippen LogP contribution in [0.3, 0.4) is 0 Å². The molecule has 2 atom stereocenters. The second kappa shape index (κ2) is 5.99. The summed E-state index contributed by atoms with van der Waals surface area (Å²) in [6.45, 7) is 6.21. The highest BCUT2D eigenvalue weighted by molar-refractivity contribution is 5.94. The summed E-state index contributed by atoms with van der Waals surface area (Å²) in [6, 6.07) is 0. The summed E-state index contributed by atoms with van der Waals surface area (Å²) in [6.07, 6.45) is 3.74. The minimum absolute atomic E-state index is 0.106. The van der Waals surface area contributed by atoms with Crippen molar-refractivity contribution in [3.05, 3.63) is 11.6 Å². The Morgan fingerprint density at radius 2 is 2.18 bits per heavy atom. The van der Waals surface area contributed by atoms with Crippen molar-refractivity contribution in [3.63, 3.8) is 0 Å². The molecule has 0 saturated heterocycles. The topological polar surface area (TPSA) is 43.4 Å². The first-order valence-corrected chi connectivity index (χ1v) is 6.30. The van der Waals surface area contributed by atoms with Gasteiger partial charge in [-0.05, 0) is 30.8 Å². The number of methoxy groups -OCH3 is 1. The van der Waals surface area contributed by atoms with Gasteiger partial charge in [-0.1, -0.05) is 26.3 Å². The Morgan fingerprint density at radius 1 is 1.53 bits per heavy atom. The Bertz CT molecular complexity index is 328. The molecule has 2 unspecified atom stereocenters. The molecule has 17 heavy (non-hydrogen) atoms. The molecular weight excluding hydrogens is 216 g/mol. The van der Waals surface area contributed by atoms with Gasteiger partial charge in [0.25, 0.3) is 0 Å². The predicted molar refractivity (Wildman–Crippen MR) is 66.4 cm³/mol. The van der Waals surface area contributed by atoms with E-state index in [1.165, 1.54) is 7.11 Å². The van der Waals surface area contributed by atoms with Crippen LogP contribution in [0.15, 0.2) is 11.6 Å². The SMILES string of the molecule is CCC1=CC(=O)CC(CC(C)C)C1C(=O)OC. The van der Waals surface area contributed by atoms with E-state index in [0.717, 1.165) is 18.4 Å². The molecule has 0 radical (unpaired) electrons. The first-order chi connectivity index (χ1) is 7.99. The summed E-state index contributed by atoms with van der Waals surface area (Å²) in [5, 5.41) is 0. The standard InChI is InChI=1S/C14H22O3/c1-5-10-7-12(15)8-11(6-9(2)3)13(10)14(16)17-4/h7,9,11,13H,5-6,8H2,1-4H3. The molecule has 96 valence electrons. The number of carbonyl (C=O) groups is 2. The lowest BCUT2D eigenvalue weighted by Crippen LogP contribution is -2.32. The maximum atomic E-state index is 11.9. The van der Waals surface area contributed by atoms with Crippen LogP contribution in [-0.2, 0) is 14.3 Å². The van der Waals surface area contributed by atoms with Crippen molar-refractivity contribution >= 4 is 11.8 Å². The number of ether oxygens (including phenoxy) is 1. The molecule has 0 aliphatic heterocycles. The van der Waals surface area contributed by atoms with Crippen LogP contribution in [0.5, 0.6) is 0 Å². The van der Waals surface area contributed by atoms with E-state index in [9.17, 15) is 9.59 Å². The zero-order valence-electron chi connectivity index (χ0n) is 11.2. The van der Waals surface area contributed by atoms with E-state index in [4.69, 9.17) is 4.74 Å². The Balaban J connectivity index is 2.98. The van der Waals surface area contributed by atoms with E-state index in [0.29, 0.717) is 12.3 Å². The summed E-state index contributed by atoms with van der Waals surface area (Å²) >= 11 is 0. The van der Waals surface area contributed by atoms with E-state index in [1.807, 2.05) is 6.92 Å². The van der Waals surface area contributed by atoms with Gasteiger partial charge in [0.2, 0.25) is 0 Å². The van der Waals surface area contributed by atoms with Gasteiger partial charge in [-0.3, -0.25) is 9.59 Å². The number of hydrogen-bond donors (Lipinski definition) is 0. The summed E-state index contributed by atoms with van der Waals surface area (Å²) in [7, 11) is 1.42. The lowest BCUT2D eigenvalue weighted by molar-refractivity contribution is -0.146. The van der Waals surface area contributed by atoms with Gasteiger partial charge in [-0.2, -0.15) is 0 Å². The van der Waals surface area contributed by atoms with Crippen LogP contribution in [0.2, 0.25) is 0 Å². The summed E-state index contributed by atoms with van der Waals surface area (Å²) in [5.41, 5.74) is 0.929. The third-order valence-electron chi connectivity index (χ3n) is 3.32. The van der Waals surface area contributed by atoms with Crippen LogP contribution in [0.25, 0.3) is 0 Å². The van der Waals surface area contributed by atoms with E-state index in [-0.39, 0.29) is 23.6 Å². The fourth-order valence-corrected chi connectivity index (χ4v) is 2.65. The number of ketones is 1. The lowest BCUT2D eigenvalue weighted by Gasteiger charge is -2.30. The minimum atomic E-state index is -0.218. The molecule has 0 fully saturated rings. The minimum Gasteiger partial charge on any atom is -0.469 e. The van der Waals surface area contributed by atoms with Crippen molar-refractivity contribution in [1.29, 1.82) is 0 Å². The highest BCUT2D eigenvalue weighted by Gasteiger charge is 2.36. The molecule has 0 bridgehead atoms. The van der Waals surface area contributed by atoms with Gasteiger partial charge in [-0.15, -0.1) is 0 Å². The molecule has 3 nitrogen and oxygen atoms in total. The summed E-state index contributed by atoms with van der Waals surface area (Å²) in [5.74, 6) is 0.320. The molecule has 0 spiro atoms. The fraction of sp³-hybridized carbons (Fsp3) is 0.714. The van der Waals surface area contributed by atoms with Gasteiger partial charge < -0.3 is 4.74 Å². The number of rotatable bonds is 4. The van der Waals surface area contributed by atoms with Crippen molar-refractivity contribution in [2.24, 2.45) is 17.8 Å². The van der Waals surface area contributed by atoms with E-state index in [2.05, 4.69) is 13.8 Å². The molecule has 0 heterocycles. The number of esters is 1.